The fourth-order valence-electron chi connectivity index (χ4n) is 1.87. The molecular weight excluding hydrogens is 278 g/mol. The van der Waals surface area contributed by atoms with E-state index in [4.69, 9.17) is 16.3 Å². The minimum Gasteiger partial charge on any atom is -0.381 e. The fourth-order valence-corrected chi connectivity index (χ4v) is 1.99. The van der Waals surface area contributed by atoms with Gasteiger partial charge in [-0.2, -0.15) is 5.10 Å². The van der Waals surface area contributed by atoms with Crippen molar-refractivity contribution in [2.75, 3.05) is 6.61 Å². The summed E-state index contributed by atoms with van der Waals surface area (Å²) in [5.41, 5.74) is -0.444. The van der Waals surface area contributed by atoms with Crippen LogP contribution in [0.5, 0.6) is 0 Å². The van der Waals surface area contributed by atoms with Crippen LogP contribution in [-0.4, -0.2) is 32.6 Å². The van der Waals surface area contributed by atoms with E-state index in [1.807, 2.05) is 13.8 Å². The van der Waals surface area contributed by atoms with Crippen LogP contribution in [0.4, 0.5) is 0 Å². The van der Waals surface area contributed by atoms with Gasteiger partial charge >= 0.3 is 0 Å². The number of hydrogen-bond acceptors (Lipinski definition) is 4. The first-order valence-corrected chi connectivity index (χ1v) is 6.80. The highest BCUT2D eigenvalue weighted by atomic mass is 35.5. The molecule has 0 aliphatic heterocycles. The summed E-state index contributed by atoms with van der Waals surface area (Å²) in [7, 11) is 0. The Morgan fingerprint density at radius 1 is 1.35 bits per heavy atom. The van der Waals surface area contributed by atoms with Crippen LogP contribution in [0.15, 0.2) is 36.9 Å². The second-order valence-corrected chi connectivity index (χ2v) is 5.43. The maximum atomic E-state index is 10.9. The molecule has 2 aromatic rings. The van der Waals surface area contributed by atoms with E-state index >= 15 is 0 Å². The van der Waals surface area contributed by atoms with Gasteiger partial charge in [0.2, 0.25) is 0 Å². The lowest BCUT2D eigenvalue weighted by Gasteiger charge is -2.29. The first-order valence-electron chi connectivity index (χ1n) is 6.42. The smallest absolute Gasteiger partial charge is 0.137 e. The van der Waals surface area contributed by atoms with Gasteiger partial charge in [-0.05, 0) is 31.5 Å². The second kappa shape index (κ2) is 6.35. The Morgan fingerprint density at radius 3 is 2.60 bits per heavy atom. The largest absolute Gasteiger partial charge is 0.381 e. The van der Waals surface area contributed by atoms with Gasteiger partial charge in [-0.3, -0.25) is 0 Å². The third-order valence-corrected chi connectivity index (χ3v) is 3.18. The van der Waals surface area contributed by atoms with Crippen LogP contribution in [-0.2, 0) is 16.9 Å². The van der Waals surface area contributed by atoms with Gasteiger partial charge in [0.1, 0.15) is 18.3 Å². The predicted octanol–water partition coefficient (Wildman–Crippen LogP) is 2.24. The Morgan fingerprint density at radius 2 is 2.05 bits per heavy atom. The van der Waals surface area contributed by atoms with Gasteiger partial charge in [-0.1, -0.05) is 23.7 Å². The molecule has 5 nitrogen and oxygen atoms in total. The standard InChI is InChI=1S/C14H18ClN3O2/c1-11(2)20-8-14(19,7-18-10-16-9-17-18)12-3-5-13(15)6-4-12/h3-6,9-11,19H,7-8H2,1-2H3. The van der Waals surface area contributed by atoms with Crippen LogP contribution in [0.3, 0.4) is 0 Å². The van der Waals surface area contributed by atoms with Crippen molar-refractivity contribution in [1.82, 2.24) is 14.8 Å². The molecule has 1 heterocycles. The molecule has 1 N–H and O–H groups in total. The van der Waals surface area contributed by atoms with Crippen molar-refractivity contribution in [1.29, 1.82) is 0 Å². The van der Waals surface area contributed by atoms with Crippen molar-refractivity contribution >= 4 is 11.6 Å². The third kappa shape index (κ3) is 3.79. The molecule has 0 spiro atoms. The van der Waals surface area contributed by atoms with Crippen molar-refractivity contribution in [3.8, 4) is 0 Å². The monoisotopic (exact) mass is 295 g/mol. The number of aliphatic hydroxyl groups is 1. The number of halogens is 1. The zero-order chi connectivity index (χ0) is 14.6. The minimum absolute atomic E-state index is 0.0320. The Bertz CT molecular complexity index is 528. The predicted molar refractivity (Wildman–Crippen MR) is 76.5 cm³/mol. The van der Waals surface area contributed by atoms with Gasteiger partial charge in [0, 0.05) is 5.02 Å². The summed E-state index contributed by atoms with van der Waals surface area (Å²) in [5, 5.41) is 15.6. The highest BCUT2D eigenvalue weighted by molar-refractivity contribution is 6.30. The lowest BCUT2D eigenvalue weighted by atomic mass is 9.94. The number of nitrogens with zero attached hydrogens (tertiary/aromatic N) is 3. The van der Waals surface area contributed by atoms with Crippen molar-refractivity contribution in [3.63, 3.8) is 0 Å². The molecule has 0 aliphatic carbocycles. The average Bonchev–Trinajstić information content (AvgIpc) is 2.90. The molecule has 6 heteroatoms. The summed E-state index contributed by atoms with van der Waals surface area (Å²) in [6.07, 6.45) is 3.03. The number of rotatable bonds is 6. The topological polar surface area (TPSA) is 60.2 Å². The second-order valence-electron chi connectivity index (χ2n) is 4.99. The fraction of sp³-hybridized carbons (Fsp3) is 0.429. The number of hydrogen-bond donors (Lipinski definition) is 1. The van der Waals surface area contributed by atoms with Crippen molar-refractivity contribution in [2.24, 2.45) is 0 Å². The van der Waals surface area contributed by atoms with Crippen LogP contribution in [0.2, 0.25) is 5.02 Å². The van der Waals surface area contributed by atoms with Crippen LogP contribution >= 0.6 is 11.6 Å². The Kier molecular flexibility index (Phi) is 4.75. The Labute approximate surface area is 123 Å². The molecule has 0 bridgehead atoms. The molecule has 20 heavy (non-hydrogen) atoms. The molecule has 1 aromatic heterocycles. The summed E-state index contributed by atoms with van der Waals surface area (Å²) in [4.78, 5) is 3.89. The molecule has 1 aromatic carbocycles. The number of benzene rings is 1. The molecule has 108 valence electrons. The van der Waals surface area contributed by atoms with Gasteiger partial charge in [0.15, 0.2) is 0 Å². The van der Waals surface area contributed by atoms with Crippen molar-refractivity contribution in [3.05, 3.63) is 47.5 Å². The van der Waals surface area contributed by atoms with Gasteiger partial charge in [-0.15, -0.1) is 0 Å². The highest BCUT2D eigenvalue weighted by Gasteiger charge is 2.31. The molecule has 2 rings (SSSR count). The van der Waals surface area contributed by atoms with Crippen LogP contribution in [0, 0.1) is 0 Å². The van der Waals surface area contributed by atoms with Gasteiger partial charge < -0.3 is 9.84 Å². The van der Waals surface area contributed by atoms with E-state index in [1.165, 1.54) is 6.33 Å². The zero-order valence-corrected chi connectivity index (χ0v) is 12.3. The normalized spacial score (nSPS) is 14.4. The summed E-state index contributed by atoms with van der Waals surface area (Å²) in [6.45, 7) is 4.29. The molecular formula is C14H18ClN3O2. The SMILES string of the molecule is CC(C)OCC(O)(Cn1cncn1)c1ccc(Cl)cc1. The van der Waals surface area contributed by atoms with Crippen LogP contribution in [0.25, 0.3) is 0 Å². The number of ether oxygens (including phenoxy) is 1. The zero-order valence-electron chi connectivity index (χ0n) is 11.5. The molecule has 0 amide bonds. The van der Waals surface area contributed by atoms with E-state index in [-0.39, 0.29) is 19.3 Å². The number of aromatic nitrogens is 3. The Balaban J connectivity index is 2.24. The van der Waals surface area contributed by atoms with E-state index in [0.29, 0.717) is 5.02 Å². The van der Waals surface area contributed by atoms with E-state index in [2.05, 4.69) is 10.1 Å². The van der Waals surface area contributed by atoms with E-state index < -0.39 is 5.60 Å². The maximum Gasteiger partial charge on any atom is 0.137 e. The third-order valence-electron chi connectivity index (χ3n) is 2.93. The molecule has 0 radical (unpaired) electrons. The van der Waals surface area contributed by atoms with Crippen molar-refractivity contribution < 1.29 is 9.84 Å². The highest BCUT2D eigenvalue weighted by Crippen LogP contribution is 2.25. The average molecular weight is 296 g/mol. The van der Waals surface area contributed by atoms with E-state index in [1.54, 1.807) is 35.3 Å². The maximum absolute atomic E-state index is 10.9. The Hall–Kier alpha value is -1.43. The van der Waals surface area contributed by atoms with Gasteiger partial charge in [0.05, 0.1) is 19.3 Å². The van der Waals surface area contributed by atoms with E-state index in [9.17, 15) is 5.11 Å². The molecule has 1 atom stereocenters. The van der Waals surface area contributed by atoms with Crippen molar-refractivity contribution in [2.45, 2.75) is 32.1 Å². The summed E-state index contributed by atoms with van der Waals surface area (Å²) in [6, 6.07) is 7.09. The quantitative estimate of drug-likeness (QED) is 0.888. The minimum atomic E-state index is -1.18. The van der Waals surface area contributed by atoms with Gasteiger partial charge in [-0.25, -0.2) is 9.67 Å². The summed E-state index contributed by atoms with van der Waals surface area (Å²) >= 11 is 5.89. The lowest BCUT2D eigenvalue weighted by molar-refractivity contribution is -0.0804. The van der Waals surface area contributed by atoms with Crippen LogP contribution < -0.4 is 0 Å². The summed E-state index contributed by atoms with van der Waals surface area (Å²) in [5.74, 6) is 0. The van der Waals surface area contributed by atoms with Crippen LogP contribution in [0.1, 0.15) is 19.4 Å². The molecule has 0 fully saturated rings. The molecule has 0 saturated heterocycles. The molecule has 0 aliphatic rings. The van der Waals surface area contributed by atoms with E-state index in [0.717, 1.165) is 5.56 Å². The summed E-state index contributed by atoms with van der Waals surface area (Å²) < 4.78 is 7.18. The first-order chi connectivity index (χ1) is 9.49. The lowest BCUT2D eigenvalue weighted by Crippen LogP contribution is -2.37. The van der Waals surface area contributed by atoms with Gasteiger partial charge in [0.25, 0.3) is 0 Å². The molecule has 0 saturated carbocycles. The molecule has 1 unspecified atom stereocenters. The first kappa shape index (κ1) is 15.0.